The topological polar surface area (TPSA) is 109 Å². The summed E-state index contributed by atoms with van der Waals surface area (Å²) in [6.45, 7) is 11.5. The van der Waals surface area contributed by atoms with Crippen LogP contribution < -0.4 is 14.2 Å². The Bertz CT molecular complexity index is 1290. The average Bonchev–Trinajstić information content (AvgIpc) is 3.10. The molecule has 2 N–H and O–H groups in total. The van der Waals surface area contributed by atoms with Crippen LogP contribution in [-0.2, 0) is 22.0 Å². The summed E-state index contributed by atoms with van der Waals surface area (Å²) in [5.41, 5.74) is 1.71. The van der Waals surface area contributed by atoms with Gasteiger partial charge in [-0.15, -0.1) is 0 Å². The third-order valence-electron chi connectivity index (χ3n) is 5.90. The molecule has 8 nitrogen and oxygen atoms in total. The number of carbonyl (C=O) groups excluding carboxylic acids is 1. The minimum Gasteiger partial charge on any atom is -0.490 e. The lowest BCUT2D eigenvalue weighted by Gasteiger charge is -2.24. The quantitative estimate of drug-likeness (QED) is 0.440. The summed E-state index contributed by atoms with van der Waals surface area (Å²) in [5.74, 6) is -0.851. The number of hydrogen-bond acceptors (Lipinski definition) is 6. The van der Waals surface area contributed by atoms with E-state index in [-0.39, 0.29) is 54.1 Å². The molecular formula is C26H34FN3O5S. The fraction of sp³-hybridized carbons (Fsp3) is 0.462. The van der Waals surface area contributed by atoms with Crippen LogP contribution in [0.5, 0.6) is 11.5 Å². The van der Waals surface area contributed by atoms with Gasteiger partial charge in [-0.25, -0.2) is 12.8 Å². The average molecular weight is 520 g/mol. The van der Waals surface area contributed by atoms with Crippen molar-refractivity contribution < 1.29 is 27.1 Å². The van der Waals surface area contributed by atoms with Gasteiger partial charge in [0.05, 0.1) is 36.8 Å². The first-order valence-corrected chi connectivity index (χ1v) is 13.6. The minimum atomic E-state index is -3.49. The lowest BCUT2D eigenvalue weighted by atomic mass is 9.84. The van der Waals surface area contributed by atoms with Crippen LogP contribution in [0.25, 0.3) is 0 Å². The highest BCUT2D eigenvalue weighted by Crippen LogP contribution is 2.39. The van der Waals surface area contributed by atoms with Crippen LogP contribution in [0.4, 0.5) is 10.1 Å². The molecule has 0 amide bonds. The maximum absolute atomic E-state index is 15.3. The van der Waals surface area contributed by atoms with Gasteiger partial charge in [-0.05, 0) is 61.6 Å². The number of halogens is 1. The van der Waals surface area contributed by atoms with E-state index in [1.807, 2.05) is 20.8 Å². The maximum Gasteiger partial charge on any atom is 0.232 e. The lowest BCUT2D eigenvalue weighted by molar-refractivity contribution is 0.0962. The molecule has 2 aromatic rings. The maximum atomic E-state index is 15.3. The number of hydrogen-bond donors (Lipinski definition) is 2. The molecule has 0 aliphatic carbocycles. The summed E-state index contributed by atoms with van der Waals surface area (Å²) in [6.07, 6.45) is 0. The van der Waals surface area contributed by atoms with Crippen molar-refractivity contribution in [2.75, 3.05) is 30.2 Å². The van der Waals surface area contributed by atoms with E-state index in [0.717, 1.165) is 0 Å². The highest BCUT2D eigenvalue weighted by molar-refractivity contribution is 7.92. The Kier molecular flexibility index (Phi) is 7.97. The third kappa shape index (κ3) is 5.64. The van der Waals surface area contributed by atoms with Crippen molar-refractivity contribution in [3.8, 4) is 11.5 Å². The van der Waals surface area contributed by atoms with Gasteiger partial charge in [0.2, 0.25) is 10.0 Å². The number of fused-ring (bicyclic) bond motifs is 1. The summed E-state index contributed by atoms with van der Waals surface area (Å²) in [4.78, 5) is 14.7. The first-order valence-electron chi connectivity index (χ1n) is 12.0. The number of rotatable bonds is 10. The largest absolute Gasteiger partial charge is 0.490 e. The molecule has 1 aliphatic heterocycles. The molecule has 0 saturated heterocycles. The van der Waals surface area contributed by atoms with E-state index >= 15 is 4.39 Å². The Hall–Kier alpha value is -3.14. The van der Waals surface area contributed by atoms with Crippen LogP contribution in [0.2, 0.25) is 0 Å². The number of ketones is 1. The van der Waals surface area contributed by atoms with Crippen molar-refractivity contribution in [2.24, 2.45) is 0 Å². The molecule has 0 saturated carbocycles. The van der Waals surface area contributed by atoms with Crippen LogP contribution in [0.1, 0.15) is 68.6 Å². The number of carbonyl (C=O) groups is 1. The van der Waals surface area contributed by atoms with Crippen LogP contribution in [0, 0.1) is 11.2 Å². The molecule has 10 heteroatoms. The number of anilines is 1. The van der Waals surface area contributed by atoms with Gasteiger partial charge in [-0.3, -0.25) is 14.9 Å². The summed E-state index contributed by atoms with van der Waals surface area (Å²) in [7, 11) is -3.49. The molecule has 0 unspecified atom stereocenters. The van der Waals surface area contributed by atoms with E-state index in [1.165, 1.54) is 4.90 Å². The Morgan fingerprint density at radius 2 is 1.81 bits per heavy atom. The predicted octanol–water partition coefficient (Wildman–Crippen LogP) is 4.71. The second kappa shape index (κ2) is 10.5. The molecule has 196 valence electrons. The molecule has 0 aromatic heterocycles. The standard InChI is InChI=1S/C26H34FN3O5S/c1-7-34-21-13-17-14-30(25(28)22(17)23(27)24(21)35-8-2)15-20(31)16-10-11-19(29-36(32,33)9-3)18(12-16)26(4,5)6/h10-13,28-29H,7-9,14-15H2,1-6H3. The highest BCUT2D eigenvalue weighted by Gasteiger charge is 2.33. The molecular weight excluding hydrogens is 485 g/mol. The molecule has 3 rings (SSSR count). The Labute approximate surface area is 212 Å². The fourth-order valence-corrected chi connectivity index (χ4v) is 4.75. The summed E-state index contributed by atoms with van der Waals surface area (Å²) in [6, 6.07) is 6.51. The number of nitrogens with one attached hydrogen (secondary N) is 2. The van der Waals surface area contributed by atoms with Crippen molar-refractivity contribution in [3.05, 3.63) is 52.3 Å². The van der Waals surface area contributed by atoms with Gasteiger partial charge >= 0.3 is 0 Å². The van der Waals surface area contributed by atoms with E-state index in [4.69, 9.17) is 14.9 Å². The van der Waals surface area contributed by atoms with Gasteiger partial charge < -0.3 is 14.4 Å². The minimum absolute atomic E-state index is 0.0315. The monoisotopic (exact) mass is 519 g/mol. The highest BCUT2D eigenvalue weighted by atomic mass is 32.2. The molecule has 1 aliphatic rings. The summed E-state index contributed by atoms with van der Waals surface area (Å²) < 4.78 is 53.2. The summed E-state index contributed by atoms with van der Waals surface area (Å²) in [5, 5.41) is 8.54. The Morgan fingerprint density at radius 3 is 2.39 bits per heavy atom. The lowest BCUT2D eigenvalue weighted by Crippen LogP contribution is -2.30. The van der Waals surface area contributed by atoms with Gasteiger partial charge in [0.15, 0.2) is 23.1 Å². The van der Waals surface area contributed by atoms with Crippen LogP contribution in [0.3, 0.4) is 0 Å². The zero-order valence-electron chi connectivity index (χ0n) is 21.6. The number of sulfonamides is 1. The van der Waals surface area contributed by atoms with Crippen LogP contribution in [0.15, 0.2) is 24.3 Å². The second-order valence-electron chi connectivity index (χ2n) is 9.56. The van der Waals surface area contributed by atoms with E-state index < -0.39 is 21.3 Å². The third-order valence-corrected chi connectivity index (χ3v) is 7.19. The SMILES string of the molecule is CCOc1cc2c(c(F)c1OCC)C(=N)N(CC(=O)c1ccc(NS(=O)(=O)CC)c(C(C)(C)C)c1)C2. The van der Waals surface area contributed by atoms with Crippen molar-refractivity contribution in [1.82, 2.24) is 4.90 Å². The van der Waals surface area contributed by atoms with Gasteiger partial charge in [0.1, 0.15) is 5.84 Å². The van der Waals surface area contributed by atoms with Gasteiger partial charge in [0.25, 0.3) is 0 Å². The summed E-state index contributed by atoms with van der Waals surface area (Å²) >= 11 is 0. The van der Waals surface area contributed by atoms with Gasteiger partial charge in [-0.1, -0.05) is 20.8 Å². The number of ether oxygens (including phenoxy) is 2. The predicted molar refractivity (Wildman–Crippen MR) is 139 cm³/mol. The van der Waals surface area contributed by atoms with Crippen molar-refractivity contribution >= 4 is 27.3 Å². The number of Topliss-reactive ketones (excluding diaryl/α,β-unsaturated/α-hetero) is 1. The van der Waals surface area contributed by atoms with E-state index in [9.17, 15) is 13.2 Å². The van der Waals surface area contributed by atoms with E-state index in [2.05, 4.69) is 4.72 Å². The molecule has 0 spiro atoms. The molecule has 0 atom stereocenters. The molecule has 0 fully saturated rings. The fourth-order valence-electron chi connectivity index (χ4n) is 4.09. The molecule has 1 heterocycles. The van der Waals surface area contributed by atoms with E-state index in [1.54, 1.807) is 45.0 Å². The van der Waals surface area contributed by atoms with Crippen LogP contribution in [-0.4, -0.2) is 50.4 Å². The number of nitrogens with zero attached hydrogens (tertiary/aromatic N) is 1. The van der Waals surface area contributed by atoms with Crippen molar-refractivity contribution in [1.29, 1.82) is 5.41 Å². The van der Waals surface area contributed by atoms with Crippen LogP contribution >= 0.6 is 0 Å². The Balaban J connectivity index is 1.90. The molecule has 0 bridgehead atoms. The first kappa shape index (κ1) is 27.4. The zero-order valence-corrected chi connectivity index (χ0v) is 22.4. The molecule has 0 radical (unpaired) electrons. The normalized spacial score (nSPS) is 13.5. The van der Waals surface area contributed by atoms with Gasteiger partial charge in [-0.2, -0.15) is 0 Å². The number of amidine groups is 1. The van der Waals surface area contributed by atoms with Crippen molar-refractivity contribution in [2.45, 2.75) is 53.5 Å². The second-order valence-corrected chi connectivity index (χ2v) is 11.6. The van der Waals surface area contributed by atoms with Gasteiger partial charge in [0, 0.05) is 12.1 Å². The Morgan fingerprint density at radius 1 is 1.14 bits per heavy atom. The smallest absolute Gasteiger partial charge is 0.232 e. The van der Waals surface area contributed by atoms with E-state index in [0.29, 0.717) is 29.0 Å². The number of benzene rings is 2. The molecule has 36 heavy (non-hydrogen) atoms. The first-order chi connectivity index (χ1) is 16.8. The zero-order chi connectivity index (χ0) is 26.8. The van der Waals surface area contributed by atoms with Crippen molar-refractivity contribution in [3.63, 3.8) is 0 Å². The molecule has 2 aromatic carbocycles.